The Hall–Kier alpha value is -3.28. The number of epoxide rings is 1. The molecule has 0 radical (unpaired) electrons. The smallest absolute Gasteiger partial charge is 0.247 e. The minimum Gasteiger partial charge on any atom is -0.388 e. The number of amides is 1. The third-order valence-corrected chi connectivity index (χ3v) is 8.68. The topological polar surface area (TPSA) is 102 Å². The molecule has 4 heterocycles. The van der Waals surface area contributed by atoms with Crippen LogP contribution < -0.4 is 16.0 Å². The normalized spacial score (nSPS) is 30.4. The minimum absolute atomic E-state index is 0.0285. The third-order valence-electron chi connectivity index (χ3n) is 8.68. The first-order chi connectivity index (χ1) is 19.1. The van der Waals surface area contributed by atoms with E-state index < -0.39 is 5.41 Å². The second-order valence-electron chi connectivity index (χ2n) is 11.3. The fourth-order valence-corrected chi connectivity index (χ4v) is 6.16. The van der Waals surface area contributed by atoms with Crippen LogP contribution in [0.5, 0.6) is 0 Å². The van der Waals surface area contributed by atoms with Gasteiger partial charge in [0.05, 0.1) is 12.2 Å². The van der Waals surface area contributed by atoms with Gasteiger partial charge in [0.25, 0.3) is 0 Å². The number of rotatable bonds is 11. The Morgan fingerprint density at radius 3 is 3.00 bits per heavy atom. The van der Waals surface area contributed by atoms with Crippen LogP contribution in [0, 0.1) is 22.7 Å². The second-order valence-corrected chi connectivity index (χ2v) is 11.3. The predicted molar refractivity (Wildman–Crippen MR) is 148 cm³/mol. The predicted octanol–water partition coefficient (Wildman–Crippen LogP) is 3.54. The van der Waals surface area contributed by atoms with Gasteiger partial charge in [-0.15, -0.1) is 0 Å². The number of hydrogen-bond donors (Lipinski definition) is 3. The molecule has 0 spiro atoms. The van der Waals surface area contributed by atoms with Crippen molar-refractivity contribution in [2.45, 2.75) is 70.3 Å². The molecular formula is C31H39N5O3. The Labute approximate surface area is 231 Å². The number of nitrogens with zero attached hydrogens (tertiary/aromatic N) is 2. The number of allylic oxidation sites excluding steroid dienone is 2. The molecule has 8 heteroatoms. The van der Waals surface area contributed by atoms with Gasteiger partial charge in [0, 0.05) is 50.6 Å². The summed E-state index contributed by atoms with van der Waals surface area (Å²) in [6.07, 6.45) is 13.2. The Balaban J connectivity index is 1.03. The van der Waals surface area contributed by atoms with Crippen LogP contribution in [0.3, 0.4) is 0 Å². The Kier molecular flexibility index (Phi) is 7.37. The lowest BCUT2D eigenvalue weighted by atomic mass is 9.83. The van der Waals surface area contributed by atoms with Gasteiger partial charge in [-0.05, 0) is 67.2 Å². The van der Waals surface area contributed by atoms with E-state index in [-0.39, 0.29) is 24.2 Å². The van der Waals surface area contributed by atoms with Crippen LogP contribution in [0.25, 0.3) is 5.57 Å². The molecule has 6 rings (SSSR count). The number of nitriles is 1. The van der Waals surface area contributed by atoms with Crippen molar-refractivity contribution in [2.75, 3.05) is 26.2 Å². The lowest BCUT2D eigenvalue weighted by Gasteiger charge is -2.25. The maximum absolute atomic E-state index is 13.2. The molecular weight excluding hydrogens is 490 g/mol. The minimum atomic E-state index is -0.820. The molecule has 1 aromatic carbocycles. The third kappa shape index (κ3) is 5.57. The van der Waals surface area contributed by atoms with Crippen molar-refractivity contribution in [1.29, 1.82) is 5.26 Å². The van der Waals surface area contributed by atoms with E-state index in [1.54, 1.807) is 4.90 Å². The summed E-state index contributed by atoms with van der Waals surface area (Å²) >= 11 is 0. The molecule has 4 fully saturated rings. The van der Waals surface area contributed by atoms with E-state index in [1.807, 2.05) is 12.2 Å². The Morgan fingerprint density at radius 2 is 2.23 bits per heavy atom. The second kappa shape index (κ2) is 11.1. The van der Waals surface area contributed by atoms with E-state index >= 15 is 0 Å². The summed E-state index contributed by atoms with van der Waals surface area (Å²) in [4.78, 5) is 15.0. The highest BCUT2D eigenvalue weighted by Crippen LogP contribution is 2.52. The van der Waals surface area contributed by atoms with Crippen molar-refractivity contribution in [3.63, 3.8) is 0 Å². The molecule has 3 N–H and O–H groups in total. The molecule has 39 heavy (non-hydrogen) atoms. The van der Waals surface area contributed by atoms with Gasteiger partial charge in [-0.3, -0.25) is 4.79 Å². The van der Waals surface area contributed by atoms with E-state index in [4.69, 9.17) is 9.47 Å². The van der Waals surface area contributed by atoms with Crippen molar-refractivity contribution in [3.05, 3.63) is 65.3 Å². The van der Waals surface area contributed by atoms with Gasteiger partial charge in [-0.2, -0.15) is 5.26 Å². The lowest BCUT2D eigenvalue weighted by Crippen LogP contribution is -2.38. The summed E-state index contributed by atoms with van der Waals surface area (Å²) in [6, 6.07) is 11.1. The number of ether oxygens (including phenoxy) is 2. The molecule has 0 bridgehead atoms. The van der Waals surface area contributed by atoms with E-state index in [0.29, 0.717) is 25.6 Å². The largest absolute Gasteiger partial charge is 0.388 e. The number of likely N-dealkylation sites (tertiary alicyclic amines) is 1. The van der Waals surface area contributed by atoms with Crippen LogP contribution >= 0.6 is 0 Å². The highest BCUT2D eigenvalue weighted by molar-refractivity contribution is 5.90. The molecule has 4 atom stereocenters. The van der Waals surface area contributed by atoms with E-state index in [2.05, 4.69) is 59.4 Å². The van der Waals surface area contributed by atoms with E-state index in [9.17, 15) is 10.1 Å². The molecule has 4 aliphatic heterocycles. The number of benzene rings is 1. The first kappa shape index (κ1) is 26.0. The molecule has 4 unspecified atom stereocenters. The summed E-state index contributed by atoms with van der Waals surface area (Å²) in [5.41, 5.74) is 3.83. The average Bonchev–Trinajstić information content (AvgIpc) is 3.85. The van der Waals surface area contributed by atoms with Crippen molar-refractivity contribution in [1.82, 2.24) is 20.9 Å². The van der Waals surface area contributed by atoms with Gasteiger partial charge in [0.15, 0.2) is 6.23 Å². The molecule has 206 valence electrons. The zero-order chi connectivity index (χ0) is 26.8. The van der Waals surface area contributed by atoms with E-state index in [1.165, 1.54) is 16.7 Å². The van der Waals surface area contributed by atoms with Crippen molar-refractivity contribution >= 4 is 11.5 Å². The van der Waals surface area contributed by atoms with Crippen LogP contribution in [0.2, 0.25) is 0 Å². The first-order valence-corrected chi connectivity index (χ1v) is 14.5. The highest BCUT2D eigenvalue weighted by Gasteiger charge is 2.57. The molecule has 1 amide bonds. The molecule has 1 aromatic rings. The first-order valence-electron chi connectivity index (χ1n) is 14.5. The lowest BCUT2D eigenvalue weighted by molar-refractivity contribution is -0.132. The molecule has 3 saturated heterocycles. The van der Waals surface area contributed by atoms with Crippen molar-refractivity contribution in [2.24, 2.45) is 11.3 Å². The zero-order valence-electron chi connectivity index (χ0n) is 22.7. The highest BCUT2D eigenvalue weighted by atomic mass is 16.6. The van der Waals surface area contributed by atoms with Gasteiger partial charge < -0.3 is 30.3 Å². The van der Waals surface area contributed by atoms with E-state index in [0.717, 1.165) is 63.2 Å². The molecule has 5 aliphatic rings. The van der Waals surface area contributed by atoms with Gasteiger partial charge in [0.1, 0.15) is 17.3 Å². The summed E-state index contributed by atoms with van der Waals surface area (Å²) < 4.78 is 11.7. The van der Waals surface area contributed by atoms with Gasteiger partial charge >= 0.3 is 0 Å². The summed E-state index contributed by atoms with van der Waals surface area (Å²) in [5.74, 6) is 1.06. The Morgan fingerprint density at radius 1 is 1.33 bits per heavy atom. The summed E-state index contributed by atoms with van der Waals surface area (Å²) in [7, 11) is 0. The van der Waals surface area contributed by atoms with Gasteiger partial charge in [-0.25, -0.2) is 0 Å². The molecule has 1 aliphatic carbocycles. The number of hydrogen-bond acceptors (Lipinski definition) is 7. The summed E-state index contributed by atoms with van der Waals surface area (Å²) in [5, 5.41) is 20.1. The standard InChI is InChI=1S/C31H39N5O3/c1-2-22(18-33-19-26-7-4-14-38-26)23-6-3-5-21(15-23)16-27-29(39-27)35-28-17-25(10-12-34-28)36-13-11-31(20-32,30(36)37)24-8-9-24/h3,5-6,10,15,17-18,24,26-27,29,33-35H,2,4,7-9,11-14,16,19H2,1H3/b22-18+. The number of dihydropyridines is 1. The molecule has 8 nitrogen and oxygen atoms in total. The SMILES string of the molecule is CC/C(=C\NCC1CCCO1)c1cccc(CC2OC2NC2=CC(N3CCC(C#N)(C4CC4)C3=O)=CCN2)c1. The fraction of sp³-hybridized carbons (Fsp3) is 0.548. The maximum atomic E-state index is 13.2. The van der Waals surface area contributed by atoms with Gasteiger partial charge in [0.2, 0.25) is 5.91 Å². The molecule has 0 aromatic heterocycles. The monoisotopic (exact) mass is 529 g/mol. The summed E-state index contributed by atoms with van der Waals surface area (Å²) in [6.45, 7) is 5.16. The van der Waals surface area contributed by atoms with Crippen molar-refractivity contribution < 1.29 is 14.3 Å². The molecule has 1 saturated carbocycles. The van der Waals surface area contributed by atoms with Crippen LogP contribution in [0.1, 0.15) is 56.6 Å². The zero-order valence-corrected chi connectivity index (χ0v) is 22.7. The quantitative estimate of drug-likeness (QED) is 0.377. The average molecular weight is 530 g/mol. The number of carbonyl (C=O) groups is 1. The van der Waals surface area contributed by atoms with Crippen molar-refractivity contribution in [3.8, 4) is 6.07 Å². The van der Waals surface area contributed by atoms with Crippen LogP contribution in [0.4, 0.5) is 0 Å². The van der Waals surface area contributed by atoms with Crippen LogP contribution in [0.15, 0.2) is 54.1 Å². The van der Waals surface area contributed by atoms with Crippen LogP contribution in [-0.2, 0) is 20.7 Å². The Bertz CT molecular complexity index is 1220. The maximum Gasteiger partial charge on any atom is 0.247 e. The van der Waals surface area contributed by atoms with Gasteiger partial charge in [-0.1, -0.05) is 31.2 Å². The van der Waals surface area contributed by atoms with Crippen LogP contribution in [-0.4, -0.2) is 55.5 Å². The number of nitrogens with one attached hydrogen (secondary N) is 3. The fourth-order valence-electron chi connectivity index (χ4n) is 6.16. The number of carbonyl (C=O) groups excluding carboxylic acids is 1.